The summed E-state index contributed by atoms with van der Waals surface area (Å²) in [6, 6.07) is 7.03. The van der Waals surface area contributed by atoms with Gasteiger partial charge in [-0.3, -0.25) is 9.59 Å². The van der Waals surface area contributed by atoms with E-state index < -0.39 is 0 Å². The number of carbonyl (C=O) groups is 2. The summed E-state index contributed by atoms with van der Waals surface area (Å²) in [6.45, 7) is 4.33. The highest BCUT2D eigenvalue weighted by Crippen LogP contribution is 2.12. The summed E-state index contributed by atoms with van der Waals surface area (Å²) in [5.41, 5.74) is 1.35. The van der Waals surface area contributed by atoms with Crippen LogP contribution in [0.1, 0.15) is 30.1 Å². The molecule has 1 saturated heterocycles. The minimum atomic E-state index is -0.107. The number of hydrogen-bond donors (Lipinski definition) is 2. The summed E-state index contributed by atoms with van der Waals surface area (Å²) in [7, 11) is 0. The van der Waals surface area contributed by atoms with Gasteiger partial charge in [0.2, 0.25) is 5.91 Å². The Hall–Kier alpha value is -1.99. The molecule has 1 aliphatic rings. The Bertz CT molecular complexity index is 568. The summed E-state index contributed by atoms with van der Waals surface area (Å²) in [5, 5.41) is 5.80. The molecule has 1 fully saturated rings. The van der Waals surface area contributed by atoms with Crippen LogP contribution in [0.4, 0.5) is 5.69 Å². The SMILES string of the molecule is CCCC(=O)NC(=S)Nc1ccc(C(=O)N2CCOCC2)cc1. The second-order valence-corrected chi connectivity index (χ2v) is 5.64. The third-order valence-electron chi connectivity index (χ3n) is 3.42. The number of thiocarbonyl (C=S) groups is 1. The Labute approximate surface area is 141 Å². The van der Waals surface area contributed by atoms with Crippen molar-refractivity contribution in [1.29, 1.82) is 0 Å². The van der Waals surface area contributed by atoms with E-state index in [9.17, 15) is 9.59 Å². The van der Waals surface area contributed by atoms with E-state index in [-0.39, 0.29) is 16.9 Å². The first-order chi connectivity index (χ1) is 11.1. The van der Waals surface area contributed by atoms with E-state index in [0.29, 0.717) is 38.3 Å². The molecule has 2 N–H and O–H groups in total. The predicted octanol–water partition coefficient (Wildman–Crippen LogP) is 1.77. The summed E-state index contributed by atoms with van der Waals surface area (Å²) >= 11 is 5.08. The monoisotopic (exact) mass is 335 g/mol. The largest absolute Gasteiger partial charge is 0.378 e. The Balaban J connectivity index is 1.90. The van der Waals surface area contributed by atoms with E-state index in [0.717, 1.165) is 12.1 Å². The van der Waals surface area contributed by atoms with Crippen molar-refractivity contribution in [3.05, 3.63) is 29.8 Å². The lowest BCUT2D eigenvalue weighted by molar-refractivity contribution is -0.119. The van der Waals surface area contributed by atoms with Crippen LogP contribution >= 0.6 is 12.2 Å². The first-order valence-electron chi connectivity index (χ1n) is 7.68. The maximum absolute atomic E-state index is 12.3. The van der Waals surface area contributed by atoms with Gasteiger partial charge < -0.3 is 20.3 Å². The van der Waals surface area contributed by atoms with Gasteiger partial charge in [0, 0.05) is 30.8 Å². The van der Waals surface area contributed by atoms with Crippen LogP contribution in [0.3, 0.4) is 0 Å². The summed E-state index contributed by atoms with van der Waals surface area (Å²) < 4.78 is 5.24. The number of nitrogens with one attached hydrogen (secondary N) is 2. The minimum absolute atomic E-state index is 0.00123. The minimum Gasteiger partial charge on any atom is -0.378 e. The van der Waals surface area contributed by atoms with Gasteiger partial charge in [0.15, 0.2) is 5.11 Å². The molecule has 1 aromatic rings. The molecule has 0 atom stereocenters. The fraction of sp³-hybridized carbons (Fsp3) is 0.438. The summed E-state index contributed by atoms with van der Waals surface area (Å²) in [5.74, 6) is -0.109. The van der Waals surface area contributed by atoms with Crippen molar-refractivity contribution >= 4 is 34.8 Å². The Kier molecular flexibility index (Phi) is 6.49. The standard InChI is InChI=1S/C16H21N3O3S/c1-2-3-14(20)18-16(23)17-13-6-4-12(5-7-13)15(21)19-8-10-22-11-9-19/h4-7H,2-3,8-11H2,1H3,(H2,17,18,20,23). The van der Waals surface area contributed by atoms with Crippen LogP contribution in [-0.2, 0) is 9.53 Å². The van der Waals surface area contributed by atoms with E-state index in [1.54, 1.807) is 29.2 Å². The molecule has 23 heavy (non-hydrogen) atoms. The van der Waals surface area contributed by atoms with E-state index in [4.69, 9.17) is 17.0 Å². The maximum Gasteiger partial charge on any atom is 0.254 e. The van der Waals surface area contributed by atoms with Gasteiger partial charge in [0.1, 0.15) is 0 Å². The average molecular weight is 335 g/mol. The molecule has 0 unspecified atom stereocenters. The van der Waals surface area contributed by atoms with Gasteiger partial charge in [-0.05, 0) is 42.9 Å². The van der Waals surface area contributed by atoms with Crippen LogP contribution in [0.2, 0.25) is 0 Å². The number of ether oxygens (including phenoxy) is 1. The summed E-state index contributed by atoms with van der Waals surface area (Å²) in [4.78, 5) is 25.6. The molecule has 0 aliphatic carbocycles. The molecule has 0 saturated carbocycles. The summed E-state index contributed by atoms with van der Waals surface area (Å²) in [6.07, 6.45) is 1.21. The zero-order valence-corrected chi connectivity index (χ0v) is 13.9. The van der Waals surface area contributed by atoms with Gasteiger partial charge in [0.25, 0.3) is 5.91 Å². The highest BCUT2D eigenvalue weighted by atomic mass is 32.1. The van der Waals surface area contributed by atoms with Gasteiger partial charge in [0.05, 0.1) is 13.2 Å². The first kappa shape index (κ1) is 17.4. The third kappa shape index (κ3) is 5.30. The van der Waals surface area contributed by atoms with Crippen LogP contribution < -0.4 is 10.6 Å². The highest BCUT2D eigenvalue weighted by Gasteiger charge is 2.18. The van der Waals surface area contributed by atoms with Crippen LogP contribution in [0.15, 0.2) is 24.3 Å². The number of benzene rings is 1. The van der Waals surface area contributed by atoms with Crippen molar-refractivity contribution in [3.8, 4) is 0 Å². The molecule has 6 nitrogen and oxygen atoms in total. The molecule has 2 amide bonds. The van der Waals surface area contributed by atoms with Crippen molar-refractivity contribution in [2.75, 3.05) is 31.6 Å². The second-order valence-electron chi connectivity index (χ2n) is 5.23. The molecule has 0 radical (unpaired) electrons. The van der Waals surface area contributed by atoms with Gasteiger partial charge in [-0.1, -0.05) is 6.92 Å². The van der Waals surface area contributed by atoms with Crippen LogP contribution in [-0.4, -0.2) is 48.1 Å². The van der Waals surface area contributed by atoms with E-state index in [1.807, 2.05) is 6.92 Å². The second kappa shape index (κ2) is 8.59. The molecule has 7 heteroatoms. The topological polar surface area (TPSA) is 70.7 Å². The number of nitrogens with zero attached hydrogens (tertiary/aromatic N) is 1. The normalized spacial score (nSPS) is 14.2. The number of rotatable bonds is 4. The van der Waals surface area contributed by atoms with Gasteiger partial charge in [-0.2, -0.15) is 0 Å². The molecule has 124 valence electrons. The van der Waals surface area contributed by atoms with Crippen molar-refractivity contribution < 1.29 is 14.3 Å². The van der Waals surface area contributed by atoms with Gasteiger partial charge >= 0.3 is 0 Å². The van der Waals surface area contributed by atoms with Gasteiger partial charge in [-0.25, -0.2) is 0 Å². The van der Waals surface area contributed by atoms with E-state index >= 15 is 0 Å². The Morgan fingerprint density at radius 2 is 1.87 bits per heavy atom. The maximum atomic E-state index is 12.3. The van der Waals surface area contributed by atoms with Crippen molar-refractivity contribution in [2.45, 2.75) is 19.8 Å². The number of hydrogen-bond acceptors (Lipinski definition) is 4. The third-order valence-corrected chi connectivity index (χ3v) is 3.62. The van der Waals surface area contributed by atoms with Crippen molar-refractivity contribution in [3.63, 3.8) is 0 Å². The number of anilines is 1. The van der Waals surface area contributed by atoms with Crippen LogP contribution in [0.5, 0.6) is 0 Å². The fourth-order valence-electron chi connectivity index (χ4n) is 2.22. The molecule has 0 spiro atoms. The first-order valence-corrected chi connectivity index (χ1v) is 8.09. The predicted molar refractivity (Wildman–Crippen MR) is 92.4 cm³/mol. The molecule has 0 aromatic heterocycles. The molecule has 1 aliphatic heterocycles. The van der Waals surface area contributed by atoms with Gasteiger partial charge in [-0.15, -0.1) is 0 Å². The molecule has 1 aromatic carbocycles. The molecule has 2 rings (SSSR count). The van der Waals surface area contributed by atoms with Crippen molar-refractivity contribution in [1.82, 2.24) is 10.2 Å². The quantitative estimate of drug-likeness (QED) is 0.821. The number of amides is 2. The van der Waals surface area contributed by atoms with E-state index in [2.05, 4.69) is 10.6 Å². The Morgan fingerprint density at radius 1 is 1.22 bits per heavy atom. The lowest BCUT2D eigenvalue weighted by Crippen LogP contribution is -2.40. The number of carbonyl (C=O) groups excluding carboxylic acids is 2. The molecular weight excluding hydrogens is 314 g/mol. The average Bonchev–Trinajstić information content (AvgIpc) is 2.56. The highest BCUT2D eigenvalue weighted by molar-refractivity contribution is 7.80. The molecule has 1 heterocycles. The lowest BCUT2D eigenvalue weighted by Gasteiger charge is -2.26. The molecule has 0 bridgehead atoms. The van der Waals surface area contributed by atoms with E-state index in [1.165, 1.54) is 0 Å². The lowest BCUT2D eigenvalue weighted by atomic mass is 10.1. The zero-order chi connectivity index (χ0) is 16.7. The van der Waals surface area contributed by atoms with Crippen LogP contribution in [0.25, 0.3) is 0 Å². The molecular formula is C16H21N3O3S. The smallest absolute Gasteiger partial charge is 0.254 e. The van der Waals surface area contributed by atoms with Crippen LogP contribution in [0, 0.1) is 0 Å². The fourth-order valence-corrected chi connectivity index (χ4v) is 2.46. The van der Waals surface area contributed by atoms with Crippen molar-refractivity contribution in [2.24, 2.45) is 0 Å². The zero-order valence-electron chi connectivity index (χ0n) is 13.1. The number of morpholine rings is 1. The Morgan fingerprint density at radius 3 is 2.48 bits per heavy atom.